The molecule has 15 heavy (non-hydrogen) atoms. The number of rotatable bonds is 8. The van der Waals surface area contributed by atoms with E-state index < -0.39 is 5.97 Å². The molecular weight excluding hydrogens is 192 g/mol. The van der Waals surface area contributed by atoms with Crippen LogP contribution >= 0.6 is 0 Å². The van der Waals surface area contributed by atoms with Gasteiger partial charge in [0.1, 0.15) is 0 Å². The van der Waals surface area contributed by atoms with E-state index in [1.807, 2.05) is 13.8 Å². The molecule has 0 aromatic rings. The molecule has 0 aromatic carbocycles. The van der Waals surface area contributed by atoms with Crippen molar-refractivity contribution >= 4 is 5.97 Å². The van der Waals surface area contributed by atoms with Gasteiger partial charge < -0.3 is 16.2 Å². The third-order valence-electron chi connectivity index (χ3n) is 2.42. The van der Waals surface area contributed by atoms with Crippen molar-refractivity contribution < 1.29 is 9.90 Å². The summed E-state index contributed by atoms with van der Waals surface area (Å²) in [6.45, 7) is 8.17. The minimum Gasteiger partial charge on any atom is -0.481 e. The molecule has 0 radical (unpaired) electrons. The summed E-state index contributed by atoms with van der Waals surface area (Å²) in [4.78, 5) is 10.9. The second-order valence-corrected chi connectivity index (χ2v) is 4.14. The van der Waals surface area contributed by atoms with E-state index in [1.54, 1.807) is 0 Å². The molecule has 0 fully saturated rings. The second-order valence-electron chi connectivity index (χ2n) is 4.14. The van der Waals surface area contributed by atoms with Gasteiger partial charge >= 0.3 is 5.97 Å². The van der Waals surface area contributed by atoms with Crippen LogP contribution in [0.2, 0.25) is 0 Å². The molecule has 0 aliphatic rings. The monoisotopic (exact) mass is 214 g/mol. The summed E-state index contributed by atoms with van der Waals surface area (Å²) < 4.78 is 0. The molecule has 0 heterocycles. The van der Waals surface area contributed by atoms with E-state index in [4.69, 9.17) is 10.8 Å². The number of carboxylic acid groups (broad SMARTS) is 1. The smallest absolute Gasteiger partial charge is 0.306 e. The van der Waals surface area contributed by atoms with Crippen LogP contribution in [0.5, 0.6) is 0 Å². The molecule has 0 saturated heterocycles. The van der Waals surface area contributed by atoms with Gasteiger partial charge in [0.2, 0.25) is 0 Å². The first kappa shape index (κ1) is 13.8. The zero-order chi connectivity index (χ0) is 11.8. The SMILES string of the molecule is C=C(N)NCCCC[C@@H](C(=O)O)C(C)C. The topological polar surface area (TPSA) is 75.3 Å². The summed E-state index contributed by atoms with van der Waals surface area (Å²) in [6, 6.07) is 0. The molecule has 4 nitrogen and oxygen atoms in total. The van der Waals surface area contributed by atoms with Crippen molar-refractivity contribution in [2.24, 2.45) is 17.6 Å². The minimum atomic E-state index is -0.693. The van der Waals surface area contributed by atoms with Crippen LogP contribution in [0.1, 0.15) is 33.1 Å². The summed E-state index contributed by atoms with van der Waals surface area (Å²) in [6.07, 6.45) is 2.55. The maximum atomic E-state index is 10.9. The standard InChI is InChI=1S/C11H22N2O2/c1-8(2)10(11(14)15)6-4-5-7-13-9(3)12/h8,10,13H,3-7,12H2,1-2H3,(H,14,15)/t10-/m1/s1. The Morgan fingerprint density at radius 3 is 2.47 bits per heavy atom. The third kappa shape index (κ3) is 6.82. The Morgan fingerprint density at radius 1 is 1.47 bits per heavy atom. The highest BCUT2D eigenvalue weighted by Gasteiger charge is 2.20. The minimum absolute atomic E-state index is 0.194. The Kier molecular flexibility index (Phi) is 6.58. The largest absolute Gasteiger partial charge is 0.481 e. The van der Waals surface area contributed by atoms with Crippen molar-refractivity contribution in [2.75, 3.05) is 6.54 Å². The molecular formula is C11H22N2O2. The molecule has 0 amide bonds. The molecule has 0 aliphatic heterocycles. The van der Waals surface area contributed by atoms with Crippen molar-refractivity contribution in [1.29, 1.82) is 0 Å². The molecule has 0 aromatic heterocycles. The normalized spacial score (nSPS) is 12.5. The Bertz CT molecular complexity index is 215. The first-order chi connectivity index (χ1) is 6.95. The molecule has 0 rings (SSSR count). The fraction of sp³-hybridized carbons (Fsp3) is 0.727. The lowest BCUT2D eigenvalue weighted by Gasteiger charge is -2.15. The quantitative estimate of drug-likeness (QED) is 0.536. The van der Waals surface area contributed by atoms with Crippen LogP contribution in [0.3, 0.4) is 0 Å². The number of carboxylic acids is 1. The first-order valence-corrected chi connectivity index (χ1v) is 5.36. The average Bonchev–Trinajstić information content (AvgIpc) is 2.08. The Morgan fingerprint density at radius 2 is 2.07 bits per heavy atom. The highest BCUT2D eigenvalue weighted by Crippen LogP contribution is 2.18. The molecule has 0 unspecified atom stereocenters. The van der Waals surface area contributed by atoms with Gasteiger partial charge in [-0.15, -0.1) is 0 Å². The Hall–Kier alpha value is -1.19. The van der Waals surface area contributed by atoms with Crippen LogP contribution in [0.4, 0.5) is 0 Å². The van der Waals surface area contributed by atoms with Crippen LogP contribution in [-0.2, 0) is 4.79 Å². The summed E-state index contributed by atoms with van der Waals surface area (Å²) in [5.74, 6) is -0.263. The van der Waals surface area contributed by atoms with Gasteiger partial charge in [-0.25, -0.2) is 0 Å². The molecule has 0 bridgehead atoms. The molecule has 88 valence electrons. The average molecular weight is 214 g/mol. The summed E-state index contributed by atoms with van der Waals surface area (Å²) in [5, 5.41) is 11.9. The van der Waals surface area contributed by atoms with Crippen molar-refractivity contribution in [3.8, 4) is 0 Å². The predicted molar refractivity (Wildman–Crippen MR) is 61.1 cm³/mol. The van der Waals surface area contributed by atoms with Gasteiger partial charge in [0.25, 0.3) is 0 Å². The number of hydrogen-bond donors (Lipinski definition) is 3. The lowest BCUT2D eigenvalue weighted by Crippen LogP contribution is -2.22. The van der Waals surface area contributed by atoms with Crippen LogP contribution in [-0.4, -0.2) is 17.6 Å². The van der Waals surface area contributed by atoms with Gasteiger partial charge in [0.05, 0.1) is 11.7 Å². The van der Waals surface area contributed by atoms with Gasteiger partial charge in [0, 0.05) is 6.54 Å². The molecule has 0 aliphatic carbocycles. The molecule has 0 saturated carbocycles. The van der Waals surface area contributed by atoms with Gasteiger partial charge in [0.15, 0.2) is 0 Å². The fourth-order valence-corrected chi connectivity index (χ4v) is 1.48. The second kappa shape index (κ2) is 7.15. The zero-order valence-electron chi connectivity index (χ0n) is 9.62. The number of aliphatic carboxylic acids is 1. The number of nitrogens with one attached hydrogen (secondary N) is 1. The Balaban J connectivity index is 3.63. The van der Waals surface area contributed by atoms with Gasteiger partial charge in [-0.3, -0.25) is 4.79 Å². The number of hydrogen-bond acceptors (Lipinski definition) is 3. The van der Waals surface area contributed by atoms with Crippen LogP contribution in [0.25, 0.3) is 0 Å². The van der Waals surface area contributed by atoms with Crippen molar-refractivity contribution in [3.05, 3.63) is 12.4 Å². The number of carbonyl (C=O) groups is 1. The number of nitrogens with two attached hydrogens (primary N) is 1. The molecule has 4 heteroatoms. The van der Waals surface area contributed by atoms with E-state index >= 15 is 0 Å². The van der Waals surface area contributed by atoms with Crippen molar-refractivity contribution in [2.45, 2.75) is 33.1 Å². The summed E-state index contributed by atoms with van der Waals surface area (Å²) >= 11 is 0. The lowest BCUT2D eigenvalue weighted by atomic mass is 9.91. The van der Waals surface area contributed by atoms with Crippen LogP contribution in [0, 0.1) is 11.8 Å². The highest BCUT2D eigenvalue weighted by atomic mass is 16.4. The lowest BCUT2D eigenvalue weighted by molar-refractivity contribution is -0.143. The van der Waals surface area contributed by atoms with Crippen LogP contribution < -0.4 is 11.1 Å². The van der Waals surface area contributed by atoms with Gasteiger partial charge in [-0.2, -0.15) is 0 Å². The maximum absolute atomic E-state index is 10.9. The Labute approximate surface area is 91.5 Å². The van der Waals surface area contributed by atoms with E-state index in [9.17, 15) is 4.79 Å². The fourth-order valence-electron chi connectivity index (χ4n) is 1.48. The van der Waals surface area contributed by atoms with Crippen molar-refractivity contribution in [1.82, 2.24) is 5.32 Å². The van der Waals surface area contributed by atoms with E-state index in [0.717, 1.165) is 25.8 Å². The van der Waals surface area contributed by atoms with Crippen LogP contribution in [0.15, 0.2) is 12.4 Å². The first-order valence-electron chi connectivity index (χ1n) is 5.36. The van der Waals surface area contributed by atoms with E-state index in [0.29, 0.717) is 5.82 Å². The van der Waals surface area contributed by atoms with Gasteiger partial charge in [-0.1, -0.05) is 26.8 Å². The van der Waals surface area contributed by atoms with Gasteiger partial charge in [-0.05, 0) is 18.8 Å². The van der Waals surface area contributed by atoms with Crippen molar-refractivity contribution in [3.63, 3.8) is 0 Å². The highest BCUT2D eigenvalue weighted by molar-refractivity contribution is 5.70. The maximum Gasteiger partial charge on any atom is 0.306 e. The molecule has 0 spiro atoms. The molecule has 4 N–H and O–H groups in total. The van der Waals surface area contributed by atoms with E-state index in [-0.39, 0.29) is 11.8 Å². The molecule has 1 atom stereocenters. The summed E-state index contributed by atoms with van der Waals surface area (Å²) in [7, 11) is 0. The van der Waals surface area contributed by atoms with E-state index in [2.05, 4.69) is 11.9 Å². The third-order valence-corrected chi connectivity index (χ3v) is 2.42. The number of unbranched alkanes of at least 4 members (excludes halogenated alkanes) is 1. The van der Waals surface area contributed by atoms with E-state index in [1.165, 1.54) is 0 Å². The summed E-state index contributed by atoms with van der Waals surface area (Å²) in [5.41, 5.74) is 5.33. The zero-order valence-corrected chi connectivity index (χ0v) is 9.62. The predicted octanol–water partition coefficient (Wildman–Crippen LogP) is 1.53.